The third-order valence-corrected chi connectivity index (χ3v) is 2.87. The lowest BCUT2D eigenvalue weighted by Gasteiger charge is -2.17. The summed E-state index contributed by atoms with van der Waals surface area (Å²) in [7, 11) is 1.58. The largest absolute Gasteiger partial charge is 0.497 e. The van der Waals surface area contributed by atoms with Crippen molar-refractivity contribution in [1.29, 1.82) is 0 Å². The molecule has 0 atom stereocenters. The number of hydrazine groups is 1. The molecule has 2 rings (SSSR count). The molecule has 0 heterocycles. The number of aryl methyl sites for hydroxylation is 1. The van der Waals surface area contributed by atoms with Gasteiger partial charge in [0.05, 0.1) is 12.8 Å². The van der Waals surface area contributed by atoms with Crippen molar-refractivity contribution in [2.24, 2.45) is 5.84 Å². The lowest BCUT2D eigenvalue weighted by molar-refractivity contribution is 0.0987. The summed E-state index contributed by atoms with van der Waals surface area (Å²) in [6.07, 6.45) is 0. The van der Waals surface area contributed by atoms with E-state index >= 15 is 0 Å². The van der Waals surface area contributed by atoms with Crippen LogP contribution in [-0.2, 0) is 0 Å². The van der Waals surface area contributed by atoms with Gasteiger partial charge in [0.2, 0.25) is 0 Å². The number of ether oxygens (including phenoxy) is 1. The molecule has 0 aliphatic rings. The molecule has 0 saturated heterocycles. The van der Waals surface area contributed by atoms with Crippen LogP contribution in [0.5, 0.6) is 5.75 Å². The van der Waals surface area contributed by atoms with Gasteiger partial charge < -0.3 is 4.74 Å². The lowest BCUT2D eigenvalue weighted by atomic mass is 10.2. The van der Waals surface area contributed by atoms with Crippen molar-refractivity contribution in [2.45, 2.75) is 6.92 Å². The van der Waals surface area contributed by atoms with Crippen LogP contribution in [0.25, 0.3) is 0 Å². The molecule has 106 valence electrons. The Morgan fingerprint density at radius 2 is 1.60 bits per heavy atom. The van der Waals surface area contributed by atoms with Gasteiger partial charge in [-0.3, -0.25) is 4.79 Å². The monoisotopic (exact) mass is 292 g/mol. The number of nitrogens with two attached hydrogens (primary N) is 1. The van der Waals surface area contributed by atoms with Gasteiger partial charge in [-0.15, -0.1) is 12.4 Å². The van der Waals surface area contributed by atoms with Crippen molar-refractivity contribution in [3.8, 4) is 5.75 Å². The Labute approximate surface area is 124 Å². The summed E-state index contributed by atoms with van der Waals surface area (Å²) >= 11 is 0. The zero-order valence-electron chi connectivity index (χ0n) is 11.4. The Morgan fingerprint density at radius 1 is 1.05 bits per heavy atom. The van der Waals surface area contributed by atoms with E-state index < -0.39 is 0 Å². The maximum Gasteiger partial charge on any atom is 0.272 e. The fraction of sp³-hybridized carbons (Fsp3) is 0.133. The second-order valence-corrected chi connectivity index (χ2v) is 4.24. The molecule has 1 amide bonds. The van der Waals surface area contributed by atoms with Crippen LogP contribution >= 0.6 is 12.4 Å². The quantitative estimate of drug-likeness (QED) is 0.537. The van der Waals surface area contributed by atoms with Crippen molar-refractivity contribution in [3.05, 3.63) is 59.7 Å². The van der Waals surface area contributed by atoms with E-state index in [1.54, 1.807) is 31.4 Å². The van der Waals surface area contributed by atoms with Crippen LogP contribution in [0.1, 0.15) is 15.9 Å². The number of hydrogen-bond donors (Lipinski definition) is 1. The highest BCUT2D eigenvalue weighted by atomic mass is 35.5. The summed E-state index contributed by atoms with van der Waals surface area (Å²) in [5.41, 5.74) is 2.30. The normalized spacial score (nSPS) is 9.55. The summed E-state index contributed by atoms with van der Waals surface area (Å²) in [5, 5.41) is 1.14. The van der Waals surface area contributed by atoms with Crippen LogP contribution in [0.3, 0.4) is 0 Å². The van der Waals surface area contributed by atoms with E-state index in [0.717, 1.165) is 10.6 Å². The molecule has 2 aromatic carbocycles. The molecule has 0 aliphatic heterocycles. The summed E-state index contributed by atoms with van der Waals surface area (Å²) in [4.78, 5) is 12.2. The van der Waals surface area contributed by atoms with Crippen LogP contribution in [-0.4, -0.2) is 13.0 Å². The maximum atomic E-state index is 12.2. The number of carbonyl (C=O) groups is 1. The smallest absolute Gasteiger partial charge is 0.272 e. The third-order valence-electron chi connectivity index (χ3n) is 2.87. The first-order valence-electron chi connectivity index (χ1n) is 5.91. The fourth-order valence-electron chi connectivity index (χ4n) is 1.70. The number of benzene rings is 2. The van der Waals surface area contributed by atoms with Crippen molar-refractivity contribution in [2.75, 3.05) is 12.1 Å². The molecule has 0 aromatic heterocycles. The van der Waals surface area contributed by atoms with Crippen LogP contribution in [0.4, 0.5) is 5.69 Å². The molecule has 0 bridgehead atoms. The summed E-state index contributed by atoms with van der Waals surface area (Å²) in [5.74, 6) is 6.29. The number of hydrogen-bond acceptors (Lipinski definition) is 3. The minimum Gasteiger partial charge on any atom is -0.497 e. The lowest BCUT2D eigenvalue weighted by Crippen LogP contribution is -2.37. The van der Waals surface area contributed by atoms with Crippen LogP contribution in [0.2, 0.25) is 0 Å². The van der Waals surface area contributed by atoms with E-state index in [4.69, 9.17) is 10.6 Å². The van der Waals surface area contributed by atoms with Crippen molar-refractivity contribution in [1.82, 2.24) is 0 Å². The molecule has 5 heteroatoms. The molecular weight excluding hydrogens is 276 g/mol. The number of rotatable bonds is 3. The molecule has 2 aromatic rings. The highest BCUT2D eigenvalue weighted by Crippen LogP contribution is 2.17. The zero-order valence-corrected chi connectivity index (χ0v) is 12.2. The number of methoxy groups -OCH3 is 1. The Morgan fingerprint density at radius 3 is 2.10 bits per heavy atom. The van der Waals surface area contributed by atoms with Crippen molar-refractivity contribution < 1.29 is 9.53 Å². The molecule has 0 spiro atoms. The Hall–Kier alpha value is -2.04. The van der Waals surface area contributed by atoms with Gasteiger partial charge in [-0.25, -0.2) is 10.9 Å². The fourth-order valence-corrected chi connectivity index (χ4v) is 1.70. The predicted molar refractivity (Wildman–Crippen MR) is 82.4 cm³/mol. The molecule has 4 nitrogen and oxygen atoms in total. The molecular formula is C15H17ClN2O2. The summed E-state index contributed by atoms with van der Waals surface area (Å²) in [6, 6.07) is 14.3. The third kappa shape index (κ3) is 3.50. The zero-order chi connectivity index (χ0) is 13.8. The highest BCUT2D eigenvalue weighted by molar-refractivity contribution is 6.05. The van der Waals surface area contributed by atoms with Gasteiger partial charge in [-0.2, -0.15) is 0 Å². The van der Waals surface area contributed by atoms with Gasteiger partial charge >= 0.3 is 0 Å². The van der Waals surface area contributed by atoms with E-state index in [9.17, 15) is 4.79 Å². The van der Waals surface area contributed by atoms with Gasteiger partial charge in [0.1, 0.15) is 5.75 Å². The van der Waals surface area contributed by atoms with E-state index in [0.29, 0.717) is 17.0 Å². The SMILES string of the molecule is COc1ccc(C(=O)N(N)c2ccc(C)cc2)cc1.Cl. The number of amides is 1. The molecule has 0 saturated carbocycles. The first-order valence-corrected chi connectivity index (χ1v) is 5.91. The standard InChI is InChI=1S/C15H16N2O2.ClH/c1-11-3-7-13(8-4-11)17(16)15(18)12-5-9-14(19-2)10-6-12;/h3-10H,16H2,1-2H3;1H. The maximum absolute atomic E-state index is 12.2. The van der Waals surface area contributed by atoms with E-state index in [1.165, 1.54) is 0 Å². The second-order valence-electron chi connectivity index (χ2n) is 4.24. The van der Waals surface area contributed by atoms with E-state index in [-0.39, 0.29) is 18.3 Å². The number of carbonyl (C=O) groups excluding carboxylic acids is 1. The highest BCUT2D eigenvalue weighted by Gasteiger charge is 2.13. The van der Waals surface area contributed by atoms with Gasteiger partial charge in [-0.1, -0.05) is 17.7 Å². The minimum absolute atomic E-state index is 0. The number of nitrogens with zero attached hydrogens (tertiary/aromatic N) is 1. The Kier molecular flexibility index (Phi) is 5.55. The molecule has 0 unspecified atom stereocenters. The Bertz CT molecular complexity index is 567. The van der Waals surface area contributed by atoms with Gasteiger partial charge in [0.15, 0.2) is 0 Å². The van der Waals surface area contributed by atoms with Gasteiger partial charge in [-0.05, 0) is 43.3 Å². The molecule has 0 radical (unpaired) electrons. The summed E-state index contributed by atoms with van der Waals surface area (Å²) in [6.45, 7) is 1.98. The number of halogens is 1. The van der Waals surface area contributed by atoms with E-state index in [2.05, 4.69) is 0 Å². The predicted octanol–water partition coefficient (Wildman–Crippen LogP) is 2.95. The second kappa shape index (κ2) is 6.93. The Balaban J connectivity index is 0.00000200. The first-order chi connectivity index (χ1) is 9.11. The average Bonchev–Trinajstić information content (AvgIpc) is 2.46. The topological polar surface area (TPSA) is 55.6 Å². The van der Waals surface area contributed by atoms with Gasteiger partial charge in [0, 0.05) is 5.56 Å². The van der Waals surface area contributed by atoms with Crippen molar-refractivity contribution in [3.63, 3.8) is 0 Å². The molecule has 2 N–H and O–H groups in total. The van der Waals surface area contributed by atoms with Crippen LogP contribution in [0, 0.1) is 6.92 Å². The molecule has 0 aliphatic carbocycles. The van der Waals surface area contributed by atoms with Gasteiger partial charge in [0.25, 0.3) is 5.91 Å². The number of anilines is 1. The van der Waals surface area contributed by atoms with Crippen LogP contribution < -0.4 is 15.6 Å². The molecule has 0 fully saturated rings. The summed E-state index contributed by atoms with van der Waals surface area (Å²) < 4.78 is 5.05. The van der Waals surface area contributed by atoms with Crippen molar-refractivity contribution >= 4 is 24.0 Å². The minimum atomic E-state index is -0.258. The first kappa shape index (κ1) is 16.0. The van der Waals surface area contributed by atoms with E-state index in [1.807, 2.05) is 31.2 Å². The molecule has 20 heavy (non-hydrogen) atoms. The average molecular weight is 293 g/mol. The van der Waals surface area contributed by atoms with Crippen LogP contribution in [0.15, 0.2) is 48.5 Å².